The molecule has 0 aliphatic carbocycles. The van der Waals surface area contributed by atoms with E-state index >= 15 is 0 Å². The molecule has 0 unspecified atom stereocenters. The fourth-order valence-electron chi connectivity index (χ4n) is 1.01. The highest BCUT2D eigenvalue weighted by Crippen LogP contribution is 2.11. The van der Waals surface area contributed by atoms with Crippen LogP contribution < -0.4 is 5.56 Å². The summed E-state index contributed by atoms with van der Waals surface area (Å²) in [5.41, 5.74) is -1.31. The summed E-state index contributed by atoms with van der Waals surface area (Å²) >= 11 is 0. The van der Waals surface area contributed by atoms with Crippen molar-refractivity contribution in [2.45, 2.75) is 6.92 Å². The number of aromatic amines is 1. The number of nitrogens with one attached hydrogen (secondary N) is 1. The molecule has 0 aromatic carbocycles. The molecule has 0 saturated heterocycles. The highest BCUT2D eigenvalue weighted by molar-refractivity contribution is 5.57. The van der Waals surface area contributed by atoms with Crippen LogP contribution in [0.15, 0.2) is 9.79 Å². The first-order chi connectivity index (χ1) is 7.41. The summed E-state index contributed by atoms with van der Waals surface area (Å²) in [7, 11) is 3.50. The van der Waals surface area contributed by atoms with E-state index in [2.05, 4.69) is 15.0 Å². The van der Waals surface area contributed by atoms with Gasteiger partial charge < -0.3 is 4.90 Å². The van der Waals surface area contributed by atoms with Gasteiger partial charge in [0.2, 0.25) is 5.95 Å². The van der Waals surface area contributed by atoms with Crippen molar-refractivity contribution in [2.24, 2.45) is 4.99 Å². The lowest BCUT2D eigenvalue weighted by Crippen LogP contribution is -2.15. The van der Waals surface area contributed by atoms with E-state index in [1.54, 1.807) is 19.0 Å². The summed E-state index contributed by atoms with van der Waals surface area (Å²) in [6, 6.07) is 0. The van der Waals surface area contributed by atoms with E-state index in [-0.39, 0.29) is 11.6 Å². The van der Waals surface area contributed by atoms with Crippen molar-refractivity contribution >= 4 is 18.0 Å². The molecule has 8 nitrogen and oxygen atoms in total. The summed E-state index contributed by atoms with van der Waals surface area (Å²) in [6.45, 7) is 1.39. The fourth-order valence-corrected chi connectivity index (χ4v) is 1.01. The molecule has 0 spiro atoms. The van der Waals surface area contributed by atoms with Crippen LogP contribution >= 0.6 is 0 Å². The molecule has 0 radical (unpaired) electrons. The van der Waals surface area contributed by atoms with Gasteiger partial charge in [0.1, 0.15) is 5.69 Å². The Morgan fingerprint density at radius 1 is 1.56 bits per heavy atom. The molecule has 1 aromatic rings. The average Bonchev–Trinajstić information content (AvgIpc) is 2.12. The van der Waals surface area contributed by atoms with Gasteiger partial charge in [-0.2, -0.15) is 0 Å². The van der Waals surface area contributed by atoms with Crippen molar-refractivity contribution in [1.82, 2.24) is 14.9 Å². The summed E-state index contributed by atoms with van der Waals surface area (Å²) < 4.78 is 0. The molecule has 16 heavy (non-hydrogen) atoms. The lowest BCUT2D eigenvalue weighted by molar-refractivity contribution is -0.387. The third kappa shape index (κ3) is 2.62. The van der Waals surface area contributed by atoms with Gasteiger partial charge in [-0.05, 0) is 6.92 Å². The van der Waals surface area contributed by atoms with Gasteiger partial charge in [0, 0.05) is 14.1 Å². The minimum atomic E-state index is -0.802. The molecule has 1 aromatic heterocycles. The number of aliphatic imine (C=N–C) groups is 1. The molecule has 0 bridgehead atoms. The third-order valence-corrected chi connectivity index (χ3v) is 1.65. The van der Waals surface area contributed by atoms with E-state index in [0.717, 1.165) is 0 Å². The van der Waals surface area contributed by atoms with E-state index < -0.39 is 16.2 Å². The van der Waals surface area contributed by atoms with Crippen LogP contribution in [0.1, 0.15) is 5.69 Å². The van der Waals surface area contributed by atoms with Crippen molar-refractivity contribution in [2.75, 3.05) is 14.1 Å². The Morgan fingerprint density at radius 3 is 2.62 bits per heavy atom. The predicted molar refractivity (Wildman–Crippen MR) is 58.1 cm³/mol. The number of nitrogens with zero attached hydrogens (tertiary/aromatic N) is 4. The zero-order valence-electron chi connectivity index (χ0n) is 9.09. The van der Waals surface area contributed by atoms with Gasteiger partial charge in [0.15, 0.2) is 0 Å². The Hall–Kier alpha value is -2.25. The number of nitro groups is 1. The van der Waals surface area contributed by atoms with E-state index in [0.29, 0.717) is 0 Å². The van der Waals surface area contributed by atoms with Gasteiger partial charge in [-0.3, -0.25) is 19.9 Å². The van der Waals surface area contributed by atoms with E-state index in [4.69, 9.17) is 0 Å². The number of H-pyrrole nitrogens is 1. The molecule has 0 amide bonds. The normalized spacial score (nSPS) is 10.7. The second kappa shape index (κ2) is 4.51. The van der Waals surface area contributed by atoms with Gasteiger partial charge in [-0.25, -0.2) is 9.98 Å². The quantitative estimate of drug-likeness (QED) is 0.342. The maximum atomic E-state index is 11.3. The first-order valence-corrected chi connectivity index (χ1v) is 4.37. The Kier molecular flexibility index (Phi) is 3.33. The van der Waals surface area contributed by atoms with Crippen LogP contribution in [0, 0.1) is 17.0 Å². The lowest BCUT2D eigenvalue weighted by Gasteiger charge is -2.02. The van der Waals surface area contributed by atoms with Crippen LogP contribution in [0.3, 0.4) is 0 Å². The standard InChI is InChI=1S/C8H11N5O3/c1-5-6(13(15)16)7(14)11-8(10-5)9-4-12(2)3/h4H,1-3H3,(H,10,11,14)/b9-4-. The van der Waals surface area contributed by atoms with Crippen LogP contribution in [0.25, 0.3) is 0 Å². The average molecular weight is 225 g/mol. The Morgan fingerprint density at radius 2 is 2.19 bits per heavy atom. The van der Waals surface area contributed by atoms with Crippen LogP contribution in [-0.2, 0) is 0 Å². The van der Waals surface area contributed by atoms with Crippen molar-refractivity contribution in [1.29, 1.82) is 0 Å². The minimum Gasteiger partial charge on any atom is -0.369 e. The molecule has 0 saturated carbocycles. The van der Waals surface area contributed by atoms with Crippen LogP contribution in [-0.4, -0.2) is 40.2 Å². The Balaban J connectivity index is 3.20. The monoisotopic (exact) mass is 225 g/mol. The van der Waals surface area contributed by atoms with Crippen molar-refractivity contribution in [3.63, 3.8) is 0 Å². The molecule has 8 heteroatoms. The number of aromatic nitrogens is 2. The number of aryl methyl sites for hydroxylation is 1. The van der Waals surface area contributed by atoms with Gasteiger partial charge in [-0.1, -0.05) is 0 Å². The van der Waals surface area contributed by atoms with Crippen molar-refractivity contribution < 1.29 is 4.92 Å². The number of rotatable bonds is 3. The summed E-state index contributed by atoms with van der Waals surface area (Å²) in [5.74, 6) is 0.0433. The molecule has 0 aliphatic heterocycles. The van der Waals surface area contributed by atoms with Gasteiger partial charge in [-0.15, -0.1) is 0 Å². The molecule has 1 N–H and O–H groups in total. The third-order valence-electron chi connectivity index (χ3n) is 1.65. The molecule has 0 fully saturated rings. The molecule has 0 aliphatic rings. The van der Waals surface area contributed by atoms with Crippen LogP contribution in [0.4, 0.5) is 11.6 Å². The topological polar surface area (TPSA) is 104 Å². The predicted octanol–water partition coefficient (Wildman–Crippen LogP) is 0.208. The Bertz CT molecular complexity index is 491. The summed E-state index contributed by atoms with van der Waals surface area (Å²) in [4.78, 5) is 32.6. The first kappa shape index (κ1) is 11.8. The van der Waals surface area contributed by atoms with Crippen LogP contribution in [0.5, 0.6) is 0 Å². The molecular weight excluding hydrogens is 214 g/mol. The Labute approximate surface area is 90.8 Å². The van der Waals surface area contributed by atoms with Crippen molar-refractivity contribution in [3.8, 4) is 0 Å². The molecule has 0 atom stereocenters. The maximum Gasteiger partial charge on any atom is 0.354 e. The van der Waals surface area contributed by atoms with Crippen molar-refractivity contribution in [3.05, 3.63) is 26.2 Å². The highest BCUT2D eigenvalue weighted by atomic mass is 16.6. The zero-order valence-corrected chi connectivity index (χ0v) is 9.09. The largest absolute Gasteiger partial charge is 0.369 e. The number of hydrogen-bond donors (Lipinski definition) is 1. The van der Waals surface area contributed by atoms with E-state index in [1.165, 1.54) is 13.3 Å². The molecule has 1 heterocycles. The zero-order chi connectivity index (χ0) is 12.3. The smallest absolute Gasteiger partial charge is 0.354 e. The lowest BCUT2D eigenvalue weighted by atomic mass is 10.4. The second-order valence-corrected chi connectivity index (χ2v) is 3.29. The summed E-state index contributed by atoms with van der Waals surface area (Å²) in [5, 5.41) is 10.5. The maximum absolute atomic E-state index is 11.3. The van der Waals surface area contributed by atoms with E-state index in [1.807, 2.05) is 0 Å². The number of hydrogen-bond acceptors (Lipinski definition) is 5. The highest BCUT2D eigenvalue weighted by Gasteiger charge is 2.18. The second-order valence-electron chi connectivity index (χ2n) is 3.29. The molecule has 86 valence electrons. The van der Waals surface area contributed by atoms with Crippen LogP contribution in [0.2, 0.25) is 0 Å². The first-order valence-electron chi connectivity index (χ1n) is 4.37. The molecule has 1 rings (SSSR count). The van der Waals surface area contributed by atoms with Gasteiger partial charge in [0.25, 0.3) is 0 Å². The fraction of sp³-hybridized carbons (Fsp3) is 0.375. The van der Waals surface area contributed by atoms with Gasteiger partial charge >= 0.3 is 11.2 Å². The molecular formula is C8H11N5O3. The van der Waals surface area contributed by atoms with E-state index in [9.17, 15) is 14.9 Å². The minimum absolute atomic E-state index is 0.0413. The van der Waals surface area contributed by atoms with Gasteiger partial charge in [0.05, 0.1) is 11.3 Å². The summed E-state index contributed by atoms with van der Waals surface area (Å²) in [6.07, 6.45) is 1.43. The SMILES string of the molecule is Cc1nc(/N=C\N(C)C)[nH]c(=O)c1[N+](=O)[O-].